The summed E-state index contributed by atoms with van der Waals surface area (Å²) in [5.74, 6) is 0.723. The second kappa shape index (κ2) is 12.9. The van der Waals surface area contributed by atoms with Crippen LogP contribution in [-0.2, 0) is 9.47 Å². The van der Waals surface area contributed by atoms with Crippen molar-refractivity contribution < 1.29 is 14.6 Å². The number of hydrogen-bond acceptors (Lipinski definition) is 3. The third kappa shape index (κ3) is 10.4. The van der Waals surface area contributed by atoms with Gasteiger partial charge in [0.2, 0.25) is 0 Å². The zero-order chi connectivity index (χ0) is 12.1. The van der Waals surface area contributed by atoms with Gasteiger partial charge in [0.15, 0.2) is 0 Å². The van der Waals surface area contributed by atoms with E-state index in [1.807, 2.05) is 0 Å². The molecule has 0 aliphatic heterocycles. The molecule has 0 amide bonds. The van der Waals surface area contributed by atoms with Crippen molar-refractivity contribution in [1.29, 1.82) is 0 Å². The second-order valence-corrected chi connectivity index (χ2v) is 4.18. The number of aliphatic hydroxyl groups excluding tert-OH is 1. The largest absolute Gasteiger partial charge is 0.396 e. The molecule has 0 aromatic rings. The Bertz CT molecular complexity index is 128. The van der Waals surface area contributed by atoms with Crippen molar-refractivity contribution in [2.75, 3.05) is 33.0 Å². The van der Waals surface area contributed by atoms with Gasteiger partial charge in [-0.25, -0.2) is 0 Å². The third-order valence-electron chi connectivity index (χ3n) is 2.65. The molecular formula is C13H28O3. The number of rotatable bonds is 12. The maximum absolute atomic E-state index is 8.54. The van der Waals surface area contributed by atoms with Gasteiger partial charge in [0.1, 0.15) is 0 Å². The zero-order valence-electron chi connectivity index (χ0n) is 10.9. The molecule has 3 nitrogen and oxygen atoms in total. The number of hydrogen-bond donors (Lipinski definition) is 1. The number of aliphatic hydroxyl groups is 1. The predicted octanol–water partition coefficient (Wildman–Crippen LogP) is 2.62. The molecule has 0 radical (unpaired) electrons. The van der Waals surface area contributed by atoms with Crippen LogP contribution in [-0.4, -0.2) is 38.1 Å². The van der Waals surface area contributed by atoms with E-state index in [0.717, 1.165) is 38.6 Å². The van der Waals surface area contributed by atoms with Gasteiger partial charge in [0.25, 0.3) is 0 Å². The van der Waals surface area contributed by atoms with E-state index in [9.17, 15) is 0 Å². The molecule has 0 aromatic carbocycles. The average Bonchev–Trinajstić information content (AvgIpc) is 2.31. The van der Waals surface area contributed by atoms with Gasteiger partial charge in [-0.05, 0) is 25.2 Å². The van der Waals surface area contributed by atoms with Gasteiger partial charge < -0.3 is 14.6 Å². The van der Waals surface area contributed by atoms with Crippen molar-refractivity contribution >= 4 is 0 Å². The van der Waals surface area contributed by atoms with Gasteiger partial charge in [-0.15, -0.1) is 0 Å². The van der Waals surface area contributed by atoms with Crippen LogP contribution in [0.2, 0.25) is 0 Å². The minimum Gasteiger partial charge on any atom is -0.396 e. The molecule has 98 valence electrons. The van der Waals surface area contributed by atoms with Gasteiger partial charge >= 0.3 is 0 Å². The van der Waals surface area contributed by atoms with Gasteiger partial charge in [-0.3, -0.25) is 0 Å². The topological polar surface area (TPSA) is 38.7 Å². The molecule has 0 rings (SSSR count). The highest BCUT2D eigenvalue weighted by molar-refractivity contribution is 4.54. The van der Waals surface area contributed by atoms with E-state index in [4.69, 9.17) is 14.6 Å². The Morgan fingerprint density at radius 1 is 1.00 bits per heavy atom. The Morgan fingerprint density at radius 3 is 2.31 bits per heavy atom. The molecule has 0 aliphatic carbocycles. The van der Waals surface area contributed by atoms with Crippen LogP contribution in [0.25, 0.3) is 0 Å². The van der Waals surface area contributed by atoms with Gasteiger partial charge in [-0.1, -0.05) is 26.7 Å². The van der Waals surface area contributed by atoms with Gasteiger partial charge in [-0.2, -0.15) is 0 Å². The molecule has 0 aliphatic rings. The summed E-state index contributed by atoms with van der Waals surface area (Å²) in [4.78, 5) is 0. The minimum atomic E-state index is 0.214. The second-order valence-electron chi connectivity index (χ2n) is 4.18. The van der Waals surface area contributed by atoms with Crippen LogP contribution in [0.5, 0.6) is 0 Å². The van der Waals surface area contributed by atoms with Crippen molar-refractivity contribution in [3.8, 4) is 0 Å². The van der Waals surface area contributed by atoms with Crippen molar-refractivity contribution in [2.24, 2.45) is 5.92 Å². The molecule has 0 bridgehead atoms. The van der Waals surface area contributed by atoms with Crippen LogP contribution >= 0.6 is 0 Å². The molecule has 1 unspecified atom stereocenters. The molecule has 0 fully saturated rings. The number of ether oxygens (including phenoxy) is 2. The SMILES string of the molecule is CCCC(CC)COCCCOCCCO. The molecule has 1 atom stereocenters. The lowest BCUT2D eigenvalue weighted by Crippen LogP contribution is -2.10. The van der Waals surface area contributed by atoms with Crippen LogP contribution in [0.1, 0.15) is 46.0 Å². The molecule has 16 heavy (non-hydrogen) atoms. The molecule has 0 heterocycles. The fourth-order valence-electron chi connectivity index (χ4n) is 1.60. The summed E-state index contributed by atoms with van der Waals surface area (Å²) in [6, 6.07) is 0. The molecule has 0 spiro atoms. The highest BCUT2D eigenvalue weighted by Crippen LogP contribution is 2.10. The average molecular weight is 232 g/mol. The third-order valence-corrected chi connectivity index (χ3v) is 2.65. The van der Waals surface area contributed by atoms with Crippen molar-refractivity contribution in [2.45, 2.75) is 46.0 Å². The summed E-state index contributed by atoms with van der Waals surface area (Å²) in [6.07, 6.45) is 5.40. The summed E-state index contributed by atoms with van der Waals surface area (Å²) < 4.78 is 10.9. The van der Waals surface area contributed by atoms with E-state index in [-0.39, 0.29) is 6.61 Å². The van der Waals surface area contributed by atoms with E-state index in [2.05, 4.69) is 13.8 Å². The molecular weight excluding hydrogens is 204 g/mol. The van der Waals surface area contributed by atoms with Crippen LogP contribution in [0.4, 0.5) is 0 Å². The quantitative estimate of drug-likeness (QED) is 0.526. The Kier molecular flexibility index (Phi) is 12.9. The lowest BCUT2D eigenvalue weighted by Gasteiger charge is -2.13. The molecule has 3 heteroatoms. The summed E-state index contributed by atoms with van der Waals surface area (Å²) in [7, 11) is 0. The fraction of sp³-hybridized carbons (Fsp3) is 1.00. The summed E-state index contributed by atoms with van der Waals surface area (Å²) in [5.41, 5.74) is 0. The van der Waals surface area contributed by atoms with Crippen molar-refractivity contribution in [3.63, 3.8) is 0 Å². The van der Waals surface area contributed by atoms with Crippen molar-refractivity contribution in [3.05, 3.63) is 0 Å². The Labute approximate surface area is 100 Å². The molecule has 0 saturated carbocycles. The maximum Gasteiger partial charge on any atom is 0.0494 e. The first-order valence-electron chi connectivity index (χ1n) is 6.61. The lowest BCUT2D eigenvalue weighted by atomic mass is 10.0. The van der Waals surface area contributed by atoms with E-state index in [1.54, 1.807) is 0 Å². The summed E-state index contributed by atoms with van der Waals surface area (Å²) >= 11 is 0. The normalized spacial score (nSPS) is 12.9. The van der Waals surface area contributed by atoms with Crippen molar-refractivity contribution in [1.82, 2.24) is 0 Å². The molecule has 0 aromatic heterocycles. The van der Waals surface area contributed by atoms with Gasteiger partial charge in [0.05, 0.1) is 0 Å². The predicted molar refractivity (Wildman–Crippen MR) is 66.6 cm³/mol. The summed E-state index contributed by atoms with van der Waals surface area (Å²) in [6.45, 7) is 7.74. The van der Waals surface area contributed by atoms with E-state index in [0.29, 0.717) is 6.61 Å². The highest BCUT2D eigenvalue weighted by Gasteiger charge is 2.04. The first-order chi connectivity index (χ1) is 7.85. The Hall–Kier alpha value is -0.120. The smallest absolute Gasteiger partial charge is 0.0494 e. The molecule has 1 N–H and O–H groups in total. The summed E-state index contributed by atoms with van der Waals surface area (Å²) in [5, 5.41) is 8.54. The van der Waals surface area contributed by atoms with Crippen LogP contribution in [0.3, 0.4) is 0 Å². The fourth-order valence-corrected chi connectivity index (χ4v) is 1.60. The van der Waals surface area contributed by atoms with Crippen LogP contribution < -0.4 is 0 Å². The first kappa shape index (κ1) is 15.9. The van der Waals surface area contributed by atoms with E-state index in [1.165, 1.54) is 19.3 Å². The monoisotopic (exact) mass is 232 g/mol. The standard InChI is InChI=1S/C13H28O3/c1-3-7-13(4-2)12-16-11-6-10-15-9-5-8-14/h13-14H,3-12H2,1-2H3. The van der Waals surface area contributed by atoms with Crippen LogP contribution in [0, 0.1) is 5.92 Å². The van der Waals surface area contributed by atoms with E-state index < -0.39 is 0 Å². The van der Waals surface area contributed by atoms with Gasteiger partial charge in [0, 0.05) is 33.0 Å². The zero-order valence-corrected chi connectivity index (χ0v) is 10.9. The van der Waals surface area contributed by atoms with E-state index >= 15 is 0 Å². The minimum absolute atomic E-state index is 0.214. The Morgan fingerprint density at radius 2 is 1.69 bits per heavy atom. The first-order valence-corrected chi connectivity index (χ1v) is 6.61. The Balaban J connectivity index is 3.12. The molecule has 0 saturated heterocycles. The lowest BCUT2D eigenvalue weighted by molar-refractivity contribution is 0.0598. The highest BCUT2D eigenvalue weighted by atomic mass is 16.5. The van der Waals surface area contributed by atoms with Crippen LogP contribution in [0.15, 0.2) is 0 Å². The maximum atomic E-state index is 8.54.